The lowest BCUT2D eigenvalue weighted by Crippen LogP contribution is -2.41. The number of carbonyl (C=O) groups is 3. The second kappa shape index (κ2) is 3.38. The summed E-state index contributed by atoms with van der Waals surface area (Å²) < 4.78 is 0. The molecule has 1 fully saturated rings. The van der Waals surface area contributed by atoms with Gasteiger partial charge in [-0.1, -0.05) is 6.58 Å². The molecule has 1 aliphatic heterocycles. The van der Waals surface area contributed by atoms with Gasteiger partial charge in [0.05, 0.1) is 0 Å². The Morgan fingerprint density at radius 2 is 2.23 bits per heavy atom. The van der Waals surface area contributed by atoms with Crippen molar-refractivity contribution in [2.75, 3.05) is 0 Å². The second-order valence-electron chi connectivity index (χ2n) is 2.70. The Morgan fingerprint density at radius 1 is 1.62 bits per heavy atom. The average molecular weight is 183 g/mol. The molecular formula is C8H9NO4. The number of nitrogens with zero attached hydrogens (tertiary/aromatic N) is 1. The van der Waals surface area contributed by atoms with Gasteiger partial charge >= 0.3 is 5.97 Å². The highest BCUT2D eigenvalue weighted by Gasteiger charge is 2.38. The molecule has 0 aliphatic carbocycles. The summed E-state index contributed by atoms with van der Waals surface area (Å²) in [5.74, 6) is -2.24. The zero-order chi connectivity index (χ0) is 10.0. The largest absolute Gasteiger partial charge is 0.480 e. The van der Waals surface area contributed by atoms with E-state index in [0.29, 0.717) is 0 Å². The van der Waals surface area contributed by atoms with Crippen molar-refractivity contribution in [3.05, 3.63) is 12.7 Å². The second-order valence-corrected chi connectivity index (χ2v) is 2.70. The Morgan fingerprint density at radius 3 is 2.69 bits per heavy atom. The zero-order valence-electron chi connectivity index (χ0n) is 6.90. The van der Waals surface area contributed by atoms with Gasteiger partial charge in [0.15, 0.2) is 0 Å². The first-order valence-corrected chi connectivity index (χ1v) is 3.79. The van der Waals surface area contributed by atoms with E-state index in [1.807, 2.05) is 0 Å². The van der Waals surface area contributed by atoms with Crippen LogP contribution in [0.25, 0.3) is 0 Å². The van der Waals surface area contributed by atoms with Crippen LogP contribution in [0.2, 0.25) is 0 Å². The highest BCUT2D eigenvalue weighted by atomic mass is 16.4. The van der Waals surface area contributed by atoms with E-state index in [0.717, 1.165) is 11.0 Å². The predicted octanol–water partition coefficient (Wildman–Crippen LogP) is -0.225. The minimum atomic E-state index is -1.15. The summed E-state index contributed by atoms with van der Waals surface area (Å²) in [5.41, 5.74) is 0. The molecule has 0 radical (unpaired) electrons. The Hall–Kier alpha value is -1.65. The van der Waals surface area contributed by atoms with E-state index in [9.17, 15) is 14.4 Å². The first-order valence-electron chi connectivity index (χ1n) is 3.79. The molecule has 2 amide bonds. The summed E-state index contributed by atoms with van der Waals surface area (Å²) in [4.78, 5) is 33.5. The highest BCUT2D eigenvalue weighted by Crippen LogP contribution is 2.19. The molecule has 70 valence electrons. The van der Waals surface area contributed by atoms with Gasteiger partial charge in [-0.3, -0.25) is 14.5 Å². The summed E-state index contributed by atoms with van der Waals surface area (Å²) in [6.45, 7) is 3.20. The number of hydrogen-bond donors (Lipinski definition) is 1. The fraction of sp³-hybridized carbons (Fsp3) is 0.375. The fourth-order valence-corrected chi connectivity index (χ4v) is 1.29. The summed E-state index contributed by atoms with van der Waals surface area (Å²) in [6, 6.07) is -1.02. The van der Waals surface area contributed by atoms with Crippen molar-refractivity contribution in [3.8, 4) is 0 Å². The molecular weight excluding hydrogens is 174 g/mol. The van der Waals surface area contributed by atoms with Crippen molar-refractivity contribution in [1.82, 2.24) is 4.90 Å². The molecule has 1 atom stereocenters. The molecule has 1 rings (SSSR count). The smallest absolute Gasteiger partial charge is 0.326 e. The first kappa shape index (κ1) is 9.44. The van der Waals surface area contributed by atoms with Crippen LogP contribution in [0, 0.1) is 0 Å². The number of hydrogen-bond acceptors (Lipinski definition) is 3. The number of rotatable bonds is 2. The van der Waals surface area contributed by atoms with Crippen LogP contribution in [0.1, 0.15) is 12.8 Å². The van der Waals surface area contributed by atoms with Gasteiger partial charge in [0.2, 0.25) is 5.91 Å². The molecule has 1 heterocycles. The van der Waals surface area contributed by atoms with E-state index < -0.39 is 23.8 Å². The molecule has 0 aromatic rings. The van der Waals surface area contributed by atoms with E-state index in [4.69, 9.17) is 5.11 Å². The molecule has 1 aliphatic rings. The van der Waals surface area contributed by atoms with E-state index >= 15 is 0 Å². The van der Waals surface area contributed by atoms with Gasteiger partial charge in [0.25, 0.3) is 5.91 Å². The van der Waals surface area contributed by atoms with Gasteiger partial charge in [-0.2, -0.15) is 0 Å². The molecule has 1 saturated heterocycles. The molecule has 0 aromatic heterocycles. The van der Waals surface area contributed by atoms with Crippen LogP contribution in [-0.4, -0.2) is 33.8 Å². The van der Waals surface area contributed by atoms with Crippen molar-refractivity contribution >= 4 is 17.8 Å². The molecule has 1 N–H and O–H groups in total. The molecule has 5 nitrogen and oxygen atoms in total. The van der Waals surface area contributed by atoms with E-state index in [1.54, 1.807) is 0 Å². The molecule has 0 spiro atoms. The summed E-state index contributed by atoms with van der Waals surface area (Å²) in [5, 5.41) is 8.67. The van der Waals surface area contributed by atoms with E-state index in [-0.39, 0.29) is 12.8 Å². The summed E-state index contributed by atoms with van der Waals surface area (Å²) >= 11 is 0. The molecule has 0 saturated carbocycles. The van der Waals surface area contributed by atoms with Crippen molar-refractivity contribution in [2.45, 2.75) is 18.9 Å². The number of amides is 2. The maximum absolute atomic E-state index is 11.1. The third-order valence-corrected chi connectivity index (χ3v) is 1.91. The molecule has 13 heavy (non-hydrogen) atoms. The van der Waals surface area contributed by atoms with Crippen LogP contribution in [0.3, 0.4) is 0 Å². The molecule has 0 aromatic carbocycles. The Labute approximate surface area is 74.6 Å². The van der Waals surface area contributed by atoms with Gasteiger partial charge in [-0.25, -0.2) is 4.79 Å². The van der Waals surface area contributed by atoms with Crippen molar-refractivity contribution < 1.29 is 19.5 Å². The quantitative estimate of drug-likeness (QED) is 0.600. The maximum Gasteiger partial charge on any atom is 0.326 e. The van der Waals surface area contributed by atoms with Gasteiger partial charge in [0.1, 0.15) is 6.04 Å². The number of imide groups is 1. The lowest BCUT2D eigenvalue weighted by molar-refractivity contribution is -0.152. The van der Waals surface area contributed by atoms with Gasteiger partial charge in [-0.05, 0) is 12.5 Å². The van der Waals surface area contributed by atoms with E-state index in [1.165, 1.54) is 0 Å². The Bertz CT molecular complexity index is 284. The topological polar surface area (TPSA) is 74.7 Å². The van der Waals surface area contributed by atoms with Crippen LogP contribution < -0.4 is 0 Å². The molecule has 1 unspecified atom stereocenters. The third kappa shape index (κ3) is 1.58. The van der Waals surface area contributed by atoms with Crippen LogP contribution in [-0.2, 0) is 14.4 Å². The number of carboxylic acids is 1. The number of carboxylic acid groups (broad SMARTS) is 1. The summed E-state index contributed by atoms with van der Waals surface area (Å²) in [7, 11) is 0. The standard InChI is InChI=1S/C8H9NO4/c1-2-6(10)9-5(8(12)13)3-4-7(9)11/h2,5H,1,3-4H2,(H,12,13). The minimum Gasteiger partial charge on any atom is -0.480 e. The van der Waals surface area contributed by atoms with Gasteiger partial charge in [-0.15, -0.1) is 0 Å². The van der Waals surface area contributed by atoms with Gasteiger partial charge in [0, 0.05) is 6.42 Å². The average Bonchev–Trinajstić information content (AvgIpc) is 2.46. The van der Waals surface area contributed by atoms with Crippen LogP contribution in [0.5, 0.6) is 0 Å². The predicted molar refractivity (Wildman–Crippen MR) is 42.7 cm³/mol. The highest BCUT2D eigenvalue weighted by molar-refractivity contribution is 6.05. The van der Waals surface area contributed by atoms with Crippen molar-refractivity contribution in [3.63, 3.8) is 0 Å². The normalized spacial score (nSPS) is 21.7. The van der Waals surface area contributed by atoms with Crippen molar-refractivity contribution in [1.29, 1.82) is 0 Å². The lowest BCUT2D eigenvalue weighted by Gasteiger charge is -2.17. The Balaban J connectivity index is 2.89. The monoisotopic (exact) mass is 183 g/mol. The van der Waals surface area contributed by atoms with Crippen molar-refractivity contribution in [2.24, 2.45) is 0 Å². The van der Waals surface area contributed by atoms with E-state index in [2.05, 4.69) is 6.58 Å². The molecule has 5 heteroatoms. The number of aliphatic carboxylic acids is 1. The molecule has 0 bridgehead atoms. The third-order valence-electron chi connectivity index (χ3n) is 1.91. The van der Waals surface area contributed by atoms with Crippen LogP contribution in [0.15, 0.2) is 12.7 Å². The van der Waals surface area contributed by atoms with Gasteiger partial charge < -0.3 is 5.11 Å². The number of carbonyl (C=O) groups excluding carboxylic acids is 2. The SMILES string of the molecule is C=CC(=O)N1C(=O)CCC1C(=O)O. The lowest BCUT2D eigenvalue weighted by atomic mass is 10.2. The maximum atomic E-state index is 11.1. The number of likely N-dealkylation sites (tertiary alicyclic amines) is 1. The van der Waals surface area contributed by atoms with Crippen LogP contribution >= 0.6 is 0 Å². The zero-order valence-corrected chi connectivity index (χ0v) is 6.90. The summed E-state index contributed by atoms with van der Waals surface area (Å²) in [6.07, 6.45) is 1.24. The fourth-order valence-electron chi connectivity index (χ4n) is 1.29. The van der Waals surface area contributed by atoms with Crippen LogP contribution in [0.4, 0.5) is 0 Å². The minimum absolute atomic E-state index is 0.108. The Kier molecular flexibility index (Phi) is 2.46. The first-order chi connectivity index (χ1) is 6.07.